The Kier molecular flexibility index (Phi) is 4.33. The highest BCUT2D eigenvalue weighted by Crippen LogP contribution is 2.33. The molecule has 4 aromatic rings. The number of fused-ring (bicyclic) bond motifs is 2. The molecule has 1 aliphatic heterocycles. The van der Waals surface area contributed by atoms with Crippen molar-refractivity contribution >= 4 is 44.7 Å². The number of hydrogen-bond donors (Lipinski definition) is 1. The van der Waals surface area contributed by atoms with E-state index < -0.39 is 0 Å². The van der Waals surface area contributed by atoms with Gasteiger partial charge in [-0.05, 0) is 42.0 Å². The average molecular weight is 410 g/mol. The summed E-state index contributed by atoms with van der Waals surface area (Å²) in [6.45, 7) is 0.870. The standard InChI is InChI=1S/C20H16ClN5OS/c21-18-9-14-8-12(3-4-13(14)10-22-18)17-11-23-20(28-17)25-19(27)15-2-1-7-26-16(15)5-6-24-26/h3-6,8-11,15H,1-2,7H2,(H,23,25,27). The molecule has 6 nitrogen and oxygen atoms in total. The second-order valence-electron chi connectivity index (χ2n) is 6.76. The third-order valence-corrected chi connectivity index (χ3v) is 6.16. The number of aryl methyl sites for hydroxylation is 1. The fourth-order valence-corrected chi connectivity index (χ4v) is 4.59. The van der Waals surface area contributed by atoms with Crippen molar-refractivity contribution in [1.29, 1.82) is 0 Å². The maximum absolute atomic E-state index is 12.8. The van der Waals surface area contributed by atoms with E-state index in [0.29, 0.717) is 10.3 Å². The summed E-state index contributed by atoms with van der Waals surface area (Å²) in [5.74, 6) is -0.211. The molecule has 5 rings (SSSR count). The van der Waals surface area contributed by atoms with E-state index in [9.17, 15) is 4.79 Å². The molecule has 1 amide bonds. The lowest BCUT2D eigenvalue weighted by Gasteiger charge is -2.22. The second kappa shape index (κ2) is 7.00. The molecule has 0 bridgehead atoms. The second-order valence-corrected chi connectivity index (χ2v) is 8.18. The minimum Gasteiger partial charge on any atom is -0.301 e. The first kappa shape index (κ1) is 17.3. The summed E-state index contributed by atoms with van der Waals surface area (Å²) in [4.78, 5) is 22.3. The highest BCUT2D eigenvalue weighted by atomic mass is 35.5. The van der Waals surface area contributed by atoms with Gasteiger partial charge in [-0.1, -0.05) is 35.1 Å². The highest BCUT2D eigenvalue weighted by Gasteiger charge is 2.27. The summed E-state index contributed by atoms with van der Waals surface area (Å²) >= 11 is 7.47. The number of pyridine rings is 1. The van der Waals surface area contributed by atoms with Crippen LogP contribution in [0.25, 0.3) is 21.2 Å². The van der Waals surface area contributed by atoms with E-state index >= 15 is 0 Å². The molecule has 8 heteroatoms. The van der Waals surface area contributed by atoms with E-state index in [0.717, 1.165) is 46.3 Å². The Morgan fingerprint density at radius 2 is 2.11 bits per heavy atom. The first-order valence-electron chi connectivity index (χ1n) is 9.01. The molecule has 1 unspecified atom stereocenters. The van der Waals surface area contributed by atoms with Gasteiger partial charge in [0.25, 0.3) is 0 Å². The number of anilines is 1. The number of carbonyl (C=O) groups is 1. The molecular formula is C20H16ClN5OS. The van der Waals surface area contributed by atoms with Crippen LogP contribution in [0.15, 0.2) is 48.9 Å². The van der Waals surface area contributed by atoms with Crippen LogP contribution in [0.4, 0.5) is 5.13 Å². The molecule has 1 aromatic carbocycles. The molecule has 140 valence electrons. The minimum absolute atomic E-state index is 0.0290. The van der Waals surface area contributed by atoms with Gasteiger partial charge in [-0.25, -0.2) is 9.97 Å². The van der Waals surface area contributed by atoms with Crippen molar-refractivity contribution in [2.45, 2.75) is 25.3 Å². The number of thiazole rings is 1. The van der Waals surface area contributed by atoms with Crippen molar-refractivity contribution in [2.75, 3.05) is 5.32 Å². The number of aromatic nitrogens is 4. The van der Waals surface area contributed by atoms with Crippen LogP contribution >= 0.6 is 22.9 Å². The summed E-state index contributed by atoms with van der Waals surface area (Å²) in [7, 11) is 0. The number of rotatable bonds is 3. The molecule has 0 spiro atoms. The number of nitrogens with one attached hydrogen (secondary N) is 1. The summed E-state index contributed by atoms with van der Waals surface area (Å²) in [5.41, 5.74) is 2.00. The number of hydrogen-bond acceptors (Lipinski definition) is 5. The lowest BCUT2D eigenvalue weighted by atomic mass is 9.95. The molecule has 0 saturated heterocycles. The summed E-state index contributed by atoms with van der Waals surface area (Å²) < 4.78 is 1.91. The third-order valence-electron chi connectivity index (χ3n) is 4.99. The maximum Gasteiger partial charge on any atom is 0.235 e. The van der Waals surface area contributed by atoms with Gasteiger partial charge in [-0.15, -0.1) is 0 Å². The van der Waals surface area contributed by atoms with Crippen LogP contribution in [0.3, 0.4) is 0 Å². The van der Waals surface area contributed by atoms with Crippen molar-refractivity contribution in [1.82, 2.24) is 19.7 Å². The molecular weight excluding hydrogens is 394 g/mol. The molecule has 1 N–H and O–H groups in total. The van der Waals surface area contributed by atoms with Gasteiger partial charge in [0.05, 0.1) is 16.5 Å². The molecule has 0 aliphatic carbocycles. The quantitative estimate of drug-likeness (QED) is 0.497. The van der Waals surface area contributed by atoms with Gasteiger partial charge in [0.2, 0.25) is 5.91 Å². The molecule has 0 fully saturated rings. The maximum atomic E-state index is 12.8. The predicted molar refractivity (Wildman–Crippen MR) is 111 cm³/mol. The number of amides is 1. The number of carbonyl (C=O) groups excluding carboxylic acids is 1. The summed E-state index contributed by atoms with van der Waals surface area (Å²) in [5, 5.41) is 10.4. The zero-order chi connectivity index (χ0) is 19.1. The fourth-order valence-electron chi connectivity index (χ4n) is 3.61. The number of benzene rings is 1. The minimum atomic E-state index is -0.182. The summed E-state index contributed by atoms with van der Waals surface area (Å²) in [6.07, 6.45) is 7.08. The molecule has 1 aliphatic rings. The highest BCUT2D eigenvalue weighted by molar-refractivity contribution is 7.19. The summed E-state index contributed by atoms with van der Waals surface area (Å²) in [6, 6.07) is 9.86. The van der Waals surface area contributed by atoms with Gasteiger partial charge in [0, 0.05) is 30.5 Å². The molecule has 3 aromatic heterocycles. The van der Waals surface area contributed by atoms with Gasteiger partial charge in [-0.2, -0.15) is 5.10 Å². The SMILES string of the molecule is O=C(Nc1ncc(-c2ccc3cnc(Cl)cc3c2)s1)C1CCCn2nccc21. The van der Waals surface area contributed by atoms with Crippen molar-refractivity contribution in [3.63, 3.8) is 0 Å². The fraction of sp³-hybridized carbons (Fsp3) is 0.200. The predicted octanol–water partition coefficient (Wildman–Crippen LogP) is 4.72. The van der Waals surface area contributed by atoms with E-state index in [2.05, 4.69) is 26.4 Å². The van der Waals surface area contributed by atoms with Crippen LogP contribution in [0.5, 0.6) is 0 Å². The first-order chi connectivity index (χ1) is 13.7. The third kappa shape index (κ3) is 3.16. The van der Waals surface area contributed by atoms with Crippen LogP contribution in [-0.2, 0) is 11.3 Å². The van der Waals surface area contributed by atoms with Crippen LogP contribution in [0.1, 0.15) is 24.5 Å². The van der Waals surface area contributed by atoms with Gasteiger partial charge < -0.3 is 5.32 Å². The number of nitrogens with zero attached hydrogens (tertiary/aromatic N) is 4. The van der Waals surface area contributed by atoms with Crippen LogP contribution in [0, 0.1) is 0 Å². The van der Waals surface area contributed by atoms with E-state index in [1.807, 2.05) is 28.9 Å². The van der Waals surface area contributed by atoms with Crippen LogP contribution in [0.2, 0.25) is 5.15 Å². The van der Waals surface area contributed by atoms with E-state index in [1.54, 1.807) is 18.6 Å². The molecule has 4 heterocycles. The van der Waals surface area contributed by atoms with E-state index in [4.69, 9.17) is 11.6 Å². The lowest BCUT2D eigenvalue weighted by Crippen LogP contribution is -2.27. The average Bonchev–Trinajstić information content (AvgIpc) is 3.36. The van der Waals surface area contributed by atoms with Gasteiger partial charge in [-0.3, -0.25) is 9.48 Å². The zero-order valence-corrected chi connectivity index (χ0v) is 16.4. The Morgan fingerprint density at radius 3 is 3.04 bits per heavy atom. The van der Waals surface area contributed by atoms with Gasteiger partial charge in [0.1, 0.15) is 5.15 Å². The van der Waals surface area contributed by atoms with Crippen molar-refractivity contribution in [2.24, 2.45) is 0 Å². The Balaban J connectivity index is 1.38. The molecule has 1 atom stereocenters. The largest absolute Gasteiger partial charge is 0.301 e. The zero-order valence-electron chi connectivity index (χ0n) is 14.8. The molecule has 0 radical (unpaired) electrons. The lowest BCUT2D eigenvalue weighted by molar-refractivity contribution is -0.118. The van der Waals surface area contributed by atoms with E-state index in [1.165, 1.54) is 11.3 Å². The Hall–Kier alpha value is -2.77. The van der Waals surface area contributed by atoms with Gasteiger partial charge >= 0.3 is 0 Å². The number of halogens is 1. The smallest absolute Gasteiger partial charge is 0.235 e. The topological polar surface area (TPSA) is 72.7 Å². The first-order valence-corrected chi connectivity index (χ1v) is 10.2. The monoisotopic (exact) mass is 409 g/mol. The van der Waals surface area contributed by atoms with Crippen LogP contribution < -0.4 is 5.32 Å². The normalized spacial score (nSPS) is 16.1. The van der Waals surface area contributed by atoms with Crippen LogP contribution in [-0.4, -0.2) is 25.7 Å². The Morgan fingerprint density at radius 1 is 1.18 bits per heavy atom. The van der Waals surface area contributed by atoms with Crippen molar-refractivity contribution in [3.8, 4) is 10.4 Å². The van der Waals surface area contributed by atoms with Gasteiger partial charge in [0.15, 0.2) is 5.13 Å². The molecule has 28 heavy (non-hydrogen) atoms. The van der Waals surface area contributed by atoms with E-state index in [-0.39, 0.29) is 11.8 Å². The van der Waals surface area contributed by atoms with Crippen molar-refractivity contribution in [3.05, 3.63) is 59.8 Å². The Labute approximate surface area is 170 Å². The Bertz CT molecular complexity index is 1180. The molecule has 0 saturated carbocycles. The van der Waals surface area contributed by atoms with Crippen molar-refractivity contribution < 1.29 is 4.79 Å².